The topological polar surface area (TPSA) is 73.3 Å². The van der Waals surface area contributed by atoms with E-state index < -0.39 is 0 Å². The third-order valence-electron chi connectivity index (χ3n) is 5.12. The predicted octanol–water partition coefficient (Wildman–Crippen LogP) is 2.69. The molecule has 0 unspecified atom stereocenters. The Hall–Kier alpha value is -2.31. The van der Waals surface area contributed by atoms with E-state index in [1.54, 1.807) is 12.3 Å². The Kier molecular flexibility index (Phi) is 4.95. The quantitative estimate of drug-likeness (QED) is 0.856. The maximum atomic E-state index is 12.1. The largest absolute Gasteiger partial charge is 0.352 e. The zero-order valence-electron chi connectivity index (χ0n) is 14.7. The number of fused-ring (bicyclic) bond motifs is 1. The first-order chi connectivity index (χ1) is 12.7. The Morgan fingerprint density at radius 2 is 1.92 bits per heavy atom. The van der Waals surface area contributed by atoms with E-state index in [-0.39, 0.29) is 11.7 Å². The van der Waals surface area contributed by atoms with E-state index in [4.69, 9.17) is 9.47 Å². The van der Waals surface area contributed by atoms with Gasteiger partial charge in [0.1, 0.15) is 0 Å². The molecule has 0 radical (unpaired) electrons. The number of nitrogens with one attached hydrogen (secondary N) is 1. The lowest BCUT2D eigenvalue weighted by Crippen LogP contribution is -2.38. The highest BCUT2D eigenvalue weighted by Crippen LogP contribution is 2.37. The van der Waals surface area contributed by atoms with Gasteiger partial charge in [-0.05, 0) is 37.0 Å². The van der Waals surface area contributed by atoms with Crippen LogP contribution >= 0.6 is 0 Å². The Bertz CT molecular complexity index is 805. The number of ether oxygens (including phenoxy) is 2. The van der Waals surface area contributed by atoms with Crippen LogP contribution in [0, 0.1) is 5.92 Å². The van der Waals surface area contributed by atoms with Gasteiger partial charge >= 0.3 is 0 Å². The molecule has 0 atom stereocenters. The molecular formula is C20H23N3O3. The molecule has 2 heterocycles. The monoisotopic (exact) mass is 353 g/mol. The van der Waals surface area contributed by atoms with Crippen molar-refractivity contribution in [1.82, 2.24) is 15.3 Å². The van der Waals surface area contributed by atoms with Crippen LogP contribution in [-0.2, 0) is 14.3 Å². The SMILES string of the molecule is O=C(C=Cc1cnc2ccccc2n1)NCC1CCC2(CC1)OCCO2. The van der Waals surface area contributed by atoms with E-state index in [1.165, 1.54) is 6.08 Å². The van der Waals surface area contributed by atoms with Crippen molar-refractivity contribution in [3.63, 3.8) is 0 Å². The average Bonchev–Trinajstić information content (AvgIpc) is 3.14. The number of hydrogen-bond donors (Lipinski definition) is 1. The van der Waals surface area contributed by atoms with Gasteiger partial charge in [0.15, 0.2) is 5.79 Å². The van der Waals surface area contributed by atoms with Gasteiger partial charge < -0.3 is 14.8 Å². The standard InChI is InChI=1S/C20H23N3O3/c24-19(6-5-16-14-21-17-3-1-2-4-18(17)23-16)22-13-15-7-9-20(10-8-15)25-11-12-26-20/h1-6,14-15H,7-13H2,(H,22,24). The summed E-state index contributed by atoms with van der Waals surface area (Å²) in [6.45, 7) is 2.08. The second kappa shape index (κ2) is 7.51. The van der Waals surface area contributed by atoms with E-state index >= 15 is 0 Å². The zero-order chi connectivity index (χ0) is 17.8. The maximum Gasteiger partial charge on any atom is 0.244 e. The fourth-order valence-electron chi connectivity index (χ4n) is 3.62. The van der Waals surface area contributed by atoms with Crippen LogP contribution in [-0.4, -0.2) is 41.4 Å². The van der Waals surface area contributed by atoms with Gasteiger partial charge in [0.2, 0.25) is 5.91 Å². The normalized spacial score (nSPS) is 20.2. The molecule has 1 N–H and O–H groups in total. The van der Waals surface area contributed by atoms with Gasteiger partial charge in [-0.2, -0.15) is 0 Å². The summed E-state index contributed by atoms with van der Waals surface area (Å²) in [5, 5.41) is 2.98. The van der Waals surface area contributed by atoms with Crippen LogP contribution < -0.4 is 5.32 Å². The smallest absolute Gasteiger partial charge is 0.244 e. The zero-order valence-corrected chi connectivity index (χ0v) is 14.7. The molecular weight excluding hydrogens is 330 g/mol. The van der Waals surface area contributed by atoms with Crippen LogP contribution in [0.2, 0.25) is 0 Å². The van der Waals surface area contributed by atoms with Gasteiger partial charge in [-0.15, -0.1) is 0 Å². The number of rotatable bonds is 4. The predicted molar refractivity (Wildman–Crippen MR) is 98.2 cm³/mol. The molecule has 2 aromatic rings. The molecule has 26 heavy (non-hydrogen) atoms. The lowest BCUT2D eigenvalue weighted by molar-refractivity contribution is -0.182. The molecule has 1 aromatic carbocycles. The summed E-state index contributed by atoms with van der Waals surface area (Å²) in [6.07, 6.45) is 8.75. The number of nitrogens with zero attached hydrogens (tertiary/aromatic N) is 2. The Balaban J connectivity index is 1.26. The molecule has 1 amide bonds. The van der Waals surface area contributed by atoms with Crippen LogP contribution in [0.25, 0.3) is 17.1 Å². The summed E-state index contributed by atoms with van der Waals surface area (Å²) in [6, 6.07) is 7.68. The molecule has 136 valence electrons. The van der Waals surface area contributed by atoms with Crippen LogP contribution in [0.4, 0.5) is 0 Å². The molecule has 1 aromatic heterocycles. The third kappa shape index (κ3) is 3.92. The van der Waals surface area contributed by atoms with Crippen molar-refractivity contribution in [3.05, 3.63) is 42.2 Å². The molecule has 1 aliphatic heterocycles. The van der Waals surface area contributed by atoms with E-state index in [0.717, 1.165) is 36.7 Å². The molecule has 2 aliphatic rings. The van der Waals surface area contributed by atoms with Gasteiger partial charge in [0, 0.05) is 25.5 Å². The first-order valence-corrected chi connectivity index (χ1v) is 9.18. The molecule has 2 fully saturated rings. The number of carbonyl (C=O) groups excluding carboxylic acids is 1. The number of amides is 1. The molecule has 1 spiro atoms. The molecule has 1 saturated heterocycles. The van der Waals surface area contributed by atoms with Crippen LogP contribution in [0.1, 0.15) is 31.4 Å². The molecule has 0 bridgehead atoms. The summed E-state index contributed by atoms with van der Waals surface area (Å²) < 4.78 is 11.5. The van der Waals surface area contributed by atoms with E-state index in [1.807, 2.05) is 24.3 Å². The first-order valence-electron chi connectivity index (χ1n) is 9.18. The average molecular weight is 353 g/mol. The molecule has 1 aliphatic carbocycles. The minimum Gasteiger partial charge on any atom is -0.352 e. The van der Waals surface area contributed by atoms with Gasteiger partial charge in [-0.1, -0.05) is 12.1 Å². The summed E-state index contributed by atoms with van der Waals surface area (Å²) in [5.74, 6) is 0.0367. The first kappa shape index (κ1) is 17.1. The maximum absolute atomic E-state index is 12.1. The number of benzene rings is 1. The lowest BCUT2D eigenvalue weighted by atomic mass is 9.85. The van der Waals surface area contributed by atoms with Crippen molar-refractivity contribution in [2.24, 2.45) is 5.92 Å². The number of hydrogen-bond acceptors (Lipinski definition) is 5. The van der Waals surface area contributed by atoms with Crippen LogP contribution in [0.5, 0.6) is 0 Å². The molecule has 4 rings (SSSR count). The second-order valence-corrected chi connectivity index (χ2v) is 6.91. The van der Waals surface area contributed by atoms with Crippen molar-refractivity contribution in [2.45, 2.75) is 31.5 Å². The number of para-hydroxylation sites is 2. The van der Waals surface area contributed by atoms with Gasteiger partial charge in [0.25, 0.3) is 0 Å². The lowest BCUT2D eigenvalue weighted by Gasteiger charge is -2.35. The van der Waals surface area contributed by atoms with E-state index in [9.17, 15) is 4.79 Å². The Labute approximate surface area is 152 Å². The van der Waals surface area contributed by atoms with Crippen LogP contribution in [0.3, 0.4) is 0 Å². The fourth-order valence-corrected chi connectivity index (χ4v) is 3.62. The van der Waals surface area contributed by atoms with Crippen molar-refractivity contribution in [2.75, 3.05) is 19.8 Å². The number of carbonyl (C=O) groups is 1. The van der Waals surface area contributed by atoms with Gasteiger partial charge in [0.05, 0.1) is 36.1 Å². The van der Waals surface area contributed by atoms with Crippen molar-refractivity contribution in [1.29, 1.82) is 0 Å². The summed E-state index contributed by atoms with van der Waals surface area (Å²) in [5.41, 5.74) is 2.34. The molecule has 1 saturated carbocycles. The van der Waals surface area contributed by atoms with Gasteiger partial charge in [-0.25, -0.2) is 4.98 Å². The van der Waals surface area contributed by atoms with E-state index in [0.29, 0.717) is 31.4 Å². The minimum atomic E-state index is -0.338. The highest BCUT2D eigenvalue weighted by molar-refractivity contribution is 5.91. The van der Waals surface area contributed by atoms with E-state index in [2.05, 4.69) is 15.3 Å². The Morgan fingerprint density at radius 3 is 2.69 bits per heavy atom. The summed E-state index contributed by atoms with van der Waals surface area (Å²) >= 11 is 0. The van der Waals surface area contributed by atoms with Gasteiger partial charge in [-0.3, -0.25) is 9.78 Å². The van der Waals surface area contributed by atoms with Crippen molar-refractivity contribution < 1.29 is 14.3 Å². The van der Waals surface area contributed by atoms with Crippen molar-refractivity contribution in [3.8, 4) is 0 Å². The fraction of sp³-hybridized carbons (Fsp3) is 0.450. The van der Waals surface area contributed by atoms with Crippen LogP contribution in [0.15, 0.2) is 36.5 Å². The highest BCUT2D eigenvalue weighted by atomic mass is 16.7. The third-order valence-corrected chi connectivity index (χ3v) is 5.12. The minimum absolute atomic E-state index is 0.103. The van der Waals surface area contributed by atoms with Crippen molar-refractivity contribution >= 4 is 23.0 Å². The number of aromatic nitrogens is 2. The highest BCUT2D eigenvalue weighted by Gasteiger charge is 2.40. The molecule has 6 heteroatoms. The summed E-state index contributed by atoms with van der Waals surface area (Å²) in [4.78, 5) is 20.9. The Morgan fingerprint density at radius 1 is 1.19 bits per heavy atom. The second-order valence-electron chi connectivity index (χ2n) is 6.91. The summed E-state index contributed by atoms with van der Waals surface area (Å²) in [7, 11) is 0. The molecule has 6 nitrogen and oxygen atoms in total.